The topological polar surface area (TPSA) is 23.0 Å². The molecule has 0 aliphatic rings. The Balaban J connectivity index is 1.07. The van der Waals surface area contributed by atoms with Gasteiger partial charge in [0.05, 0.1) is 22.1 Å². The molecular formula is C68H38N2OS2. The smallest absolute Gasteiger partial charge is 0.143 e. The van der Waals surface area contributed by atoms with E-state index in [2.05, 4.69) is 240 Å². The number of aromatic nitrogens is 2. The molecule has 0 saturated heterocycles. The molecule has 0 radical (unpaired) electrons. The van der Waals surface area contributed by atoms with Crippen molar-refractivity contribution in [2.75, 3.05) is 0 Å². The van der Waals surface area contributed by atoms with E-state index in [0.29, 0.717) is 0 Å². The third-order valence-electron chi connectivity index (χ3n) is 15.7. The van der Waals surface area contributed by atoms with Gasteiger partial charge < -0.3 is 13.6 Å². The van der Waals surface area contributed by atoms with Gasteiger partial charge in [-0.3, -0.25) is 0 Å². The van der Waals surface area contributed by atoms with Crippen LogP contribution in [0.5, 0.6) is 0 Å². The lowest BCUT2D eigenvalue weighted by molar-refractivity contribution is 0.676. The van der Waals surface area contributed by atoms with E-state index in [1.807, 2.05) is 22.7 Å². The van der Waals surface area contributed by atoms with Gasteiger partial charge in [-0.2, -0.15) is 0 Å². The minimum absolute atomic E-state index is 0.904. The highest BCUT2D eigenvalue weighted by atomic mass is 32.1. The molecule has 0 aliphatic heterocycles. The first kappa shape index (κ1) is 39.7. The number of thiophene rings is 2. The van der Waals surface area contributed by atoms with Crippen LogP contribution in [0.15, 0.2) is 235 Å². The lowest BCUT2D eigenvalue weighted by Crippen LogP contribution is -1.93. The molecule has 338 valence electrons. The van der Waals surface area contributed by atoms with Gasteiger partial charge in [0.1, 0.15) is 11.2 Å². The maximum Gasteiger partial charge on any atom is 0.143 e. The van der Waals surface area contributed by atoms with Gasteiger partial charge in [0.15, 0.2) is 0 Å². The normalized spacial score (nSPS) is 12.4. The number of benzene rings is 12. The molecule has 5 heterocycles. The molecular weight excluding hydrogens is 925 g/mol. The van der Waals surface area contributed by atoms with E-state index in [4.69, 9.17) is 4.42 Å². The summed E-state index contributed by atoms with van der Waals surface area (Å²) in [6, 6.07) is 85.4. The molecule has 0 spiro atoms. The van der Waals surface area contributed by atoms with Crippen molar-refractivity contribution in [2.24, 2.45) is 0 Å². The summed E-state index contributed by atoms with van der Waals surface area (Å²) < 4.78 is 17.7. The van der Waals surface area contributed by atoms with Crippen LogP contribution in [0, 0.1) is 0 Å². The second kappa shape index (κ2) is 14.8. The van der Waals surface area contributed by atoms with Gasteiger partial charge in [0, 0.05) is 106 Å². The molecule has 0 saturated carbocycles. The van der Waals surface area contributed by atoms with Crippen LogP contribution in [0.2, 0.25) is 0 Å². The van der Waals surface area contributed by atoms with Gasteiger partial charge in [0.25, 0.3) is 0 Å². The molecule has 73 heavy (non-hydrogen) atoms. The number of nitrogens with zero attached hydrogens (tertiary/aromatic N) is 2. The Labute approximate surface area is 425 Å². The number of furan rings is 1. The number of fused-ring (bicyclic) bond motifs is 19. The molecule has 5 aromatic heterocycles. The van der Waals surface area contributed by atoms with Crippen molar-refractivity contribution in [1.82, 2.24) is 9.13 Å². The van der Waals surface area contributed by atoms with Crippen molar-refractivity contribution in [3.05, 3.63) is 231 Å². The van der Waals surface area contributed by atoms with Crippen molar-refractivity contribution < 1.29 is 4.42 Å². The molecule has 5 heteroatoms. The maximum atomic E-state index is 7.63. The number of para-hydroxylation sites is 4. The van der Waals surface area contributed by atoms with E-state index in [1.165, 1.54) is 106 Å². The fourth-order valence-electron chi connectivity index (χ4n) is 12.5. The highest BCUT2D eigenvalue weighted by molar-refractivity contribution is 7.26. The van der Waals surface area contributed by atoms with E-state index < -0.39 is 0 Å². The quantitative estimate of drug-likeness (QED) is 0.172. The Morgan fingerprint density at radius 3 is 1.10 bits per heavy atom. The summed E-state index contributed by atoms with van der Waals surface area (Å²) >= 11 is 3.77. The average molecular weight is 963 g/mol. The first-order valence-electron chi connectivity index (χ1n) is 24.9. The summed E-state index contributed by atoms with van der Waals surface area (Å²) in [4.78, 5) is 0. The van der Waals surface area contributed by atoms with E-state index in [-0.39, 0.29) is 0 Å². The number of hydrogen-bond donors (Lipinski definition) is 0. The van der Waals surface area contributed by atoms with Gasteiger partial charge in [-0.05, 0) is 107 Å². The first-order chi connectivity index (χ1) is 36.2. The fraction of sp³-hybridized carbons (Fsp3) is 0. The molecule has 3 nitrogen and oxygen atoms in total. The van der Waals surface area contributed by atoms with E-state index >= 15 is 0 Å². The number of rotatable bonds is 4. The van der Waals surface area contributed by atoms with Gasteiger partial charge in [-0.1, -0.05) is 146 Å². The molecule has 0 aliphatic carbocycles. The molecule has 0 atom stereocenters. The molecule has 0 fully saturated rings. The zero-order valence-corrected chi connectivity index (χ0v) is 40.7. The Bertz CT molecular complexity index is 4880. The minimum Gasteiger partial charge on any atom is -0.455 e. The van der Waals surface area contributed by atoms with E-state index in [9.17, 15) is 0 Å². The van der Waals surface area contributed by atoms with Crippen molar-refractivity contribution in [3.63, 3.8) is 0 Å². The van der Waals surface area contributed by atoms with Crippen LogP contribution >= 0.6 is 22.7 Å². The number of hydrogen-bond acceptors (Lipinski definition) is 3. The summed E-state index contributed by atoms with van der Waals surface area (Å²) in [6.45, 7) is 0. The molecule has 12 aromatic carbocycles. The van der Waals surface area contributed by atoms with Crippen LogP contribution in [0.1, 0.15) is 0 Å². The third-order valence-corrected chi connectivity index (χ3v) is 18.1. The van der Waals surface area contributed by atoms with Gasteiger partial charge in [-0.15, -0.1) is 22.7 Å². The second-order valence-corrected chi connectivity index (χ2v) is 21.6. The lowest BCUT2D eigenvalue weighted by atomic mass is 9.91. The average Bonchev–Trinajstić information content (AvgIpc) is 4.27. The zero-order chi connectivity index (χ0) is 47.5. The first-order valence-corrected chi connectivity index (χ1v) is 26.5. The molecule has 0 N–H and O–H groups in total. The monoisotopic (exact) mass is 962 g/mol. The van der Waals surface area contributed by atoms with Crippen LogP contribution in [-0.4, -0.2) is 9.13 Å². The molecule has 17 rings (SSSR count). The molecule has 0 amide bonds. The van der Waals surface area contributed by atoms with Crippen molar-refractivity contribution in [1.29, 1.82) is 0 Å². The maximum absolute atomic E-state index is 7.63. The summed E-state index contributed by atoms with van der Waals surface area (Å²) in [6.07, 6.45) is 0. The largest absolute Gasteiger partial charge is 0.455 e. The van der Waals surface area contributed by atoms with Crippen molar-refractivity contribution in [2.45, 2.75) is 0 Å². The van der Waals surface area contributed by atoms with E-state index in [0.717, 1.165) is 54.9 Å². The summed E-state index contributed by atoms with van der Waals surface area (Å²) in [5.74, 6) is 0. The third kappa shape index (κ3) is 5.47. The van der Waals surface area contributed by atoms with Crippen LogP contribution in [0.3, 0.4) is 0 Å². The highest BCUT2D eigenvalue weighted by Gasteiger charge is 2.25. The minimum atomic E-state index is 0.904. The summed E-state index contributed by atoms with van der Waals surface area (Å²) in [5, 5.41) is 16.7. The molecule has 0 unspecified atom stereocenters. The van der Waals surface area contributed by atoms with Crippen LogP contribution in [0.25, 0.3) is 161 Å². The predicted molar refractivity (Wildman–Crippen MR) is 314 cm³/mol. The Morgan fingerprint density at radius 1 is 0.247 bits per heavy atom. The van der Waals surface area contributed by atoms with Crippen molar-refractivity contribution in [3.8, 4) is 33.6 Å². The lowest BCUT2D eigenvalue weighted by Gasteiger charge is -2.13. The Morgan fingerprint density at radius 2 is 0.630 bits per heavy atom. The van der Waals surface area contributed by atoms with Gasteiger partial charge in [0.2, 0.25) is 0 Å². The highest BCUT2D eigenvalue weighted by Crippen LogP contribution is 2.51. The summed E-state index contributed by atoms with van der Waals surface area (Å²) in [5.41, 5.74) is 13.6. The SMILES string of the molecule is c1ccc(-n2c3ccccc3c3cc4c(cc32)c(-c2cccc3c2sc2ccccc23)cc2c3cc(-c5cccc6c5sc5ccccc56)c5cc6c(cc5c3oc42)c2ccccc2n6-c2ccccc2)cc1. The zero-order valence-electron chi connectivity index (χ0n) is 39.1. The standard InChI is InChI=1S/C68H38N2OS2/c1-3-17-39(18-4-1)69-59-29-11-7-21-41(59)53-35-55-51(37-61(53)69)49(47-27-15-25-45-43-23-9-13-31-63(43)72-67(45)47)33-57-58-34-50(48-28-16-26-46-44-24-10-14-32-64(44)73-68(46)48)52-38-62-54(36-56(52)66(58)71-65(55)57)42-22-8-12-30-60(42)70(62)40-19-5-2-6-20-40/h1-38H. The van der Waals surface area contributed by atoms with Gasteiger partial charge >= 0.3 is 0 Å². The second-order valence-electron chi connectivity index (χ2n) is 19.5. The predicted octanol–water partition coefficient (Wildman–Crippen LogP) is 20.2. The Hall–Kier alpha value is -9.00. The fourth-order valence-corrected chi connectivity index (χ4v) is 15.0. The van der Waals surface area contributed by atoms with Crippen LogP contribution in [-0.2, 0) is 0 Å². The molecule has 0 bridgehead atoms. The van der Waals surface area contributed by atoms with E-state index in [1.54, 1.807) is 0 Å². The van der Waals surface area contributed by atoms with Gasteiger partial charge in [-0.25, -0.2) is 0 Å². The van der Waals surface area contributed by atoms with Crippen molar-refractivity contribution >= 4 is 150 Å². The molecule has 17 aromatic rings. The summed E-state index contributed by atoms with van der Waals surface area (Å²) in [7, 11) is 0. The van der Waals surface area contributed by atoms with Crippen LogP contribution < -0.4 is 0 Å². The van der Waals surface area contributed by atoms with Crippen LogP contribution in [0.4, 0.5) is 0 Å². The Kier molecular flexibility index (Phi) is 8.04.